The number of para-hydroxylation sites is 2. The van der Waals surface area contributed by atoms with E-state index in [4.69, 9.17) is 16.6 Å². The Kier molecular flexibility index (Phi) is 4.08. The van der Waals surface area contributed by atoms with Crippen LogP contribution in [0.15, 0.2) is 42.7 Å². The van der Waals surface area contributed by atoms with Gasteiger partial charge in [-0.25, -0.2) is 14.4 Å². The third-order valence-corrected chi connectivity index (χ3v) is 5.89. The molecule has 0 spiro atoms. The minimum Gasteiger partial charge on any atom is -0.353 e. The number of piperidine rings is 1. The minimum atomic E-state index is -0.356. The number of anilines is 2. The maximum Gasteiger partial charge on any atom is 0.167 e. The number of pyridine rings is 1. The van der Waals surface area contributed by atoms with Gasteiger partial charge in [0.25, 0.3) is 0 Å². The summed E-state index contributed by atoms with van der Waals surface area (Å²) in [5, 5.41) is 0.323. The molecule has 0 amide bonds. The van der Waals surface area contributed by atoms with Crippen LogP contribution in [0.1, 0.15) is 12.8 Å². The monoisotopic (exact) mass is 383 g/mol. The van der Waals surface area contributed by atoms with Gasteiger partial charge in [0.15, 0.2) is 11.6 Å². The van der Waals surface area contributed by atoms with E-state index in [0.29, 0.717) is 16.8 Å². The Bertz CT molecular complexity index is 997. The molecule has 3 aromatic rings. The van der Waals surface area contributed by atoms with Crippen molar-refractivity contribution in [1.29, 1.82) is 0 Å². The van der Waals surface area contributed by atoms with E-state index in [1.165, 1.54) is 12.3 Å². The first-order chi connectivity index (χ1) is 13.2. The highest BCUT2D eigenvalue weighted by molar-refractivity contribution is 6.30. The van der Waals surface area contributed by atoms with Gasteiger partial charge in [-0.05, 0) is 37.0 Å². The molecule has 5 nitrogen and oxygen atoms in total. The van der Waals surface area contributed by atoms with E-state index in [1.54, 1.807) is 0 Å². The molecule has 2 aliphatic rings. The zero-order valence-electron chi connectivity index (χ0n) is 14.7. The quantitative estimate of drug-likeness (QED) is 0.671. The summed E-state index contributed by atoms with van der Waals surface area (Å²) in [5.74, 6) is 1.47. The molecule has 2 aliphatic heterocycles. The molecule has 0 saturated carbocycles. The Balaban J connectivity index is 1.43. The summed E-state index contributed by atoms with van der Waals surface area (Å²) in [6, 6.07) is 9.44. The maximum atomic E-state index is 14.4. The van der Waals surface area contributed by atoms with Crippen LogP contribution in [0.2, 0.25) is 5.02 Å². The SMILES string of the molecule is Fc1cc(Cl)cnc1N1CCC2CCN(c3cnc4ccccc4n3)CC21. The standard InChI is InChI=1S/C20H19ClFN5/c21-14-9-15(22)20(24-10-14)27-8-6-13-5-7-26(12-18(13)27)19-11-23-16-3-1-2-4-17(16)25-19/h1-4,9-11,13,18H,5-8,12H2. The number of aromatic nitrogens is 3. The molecule has 0 N–H and O–H groups in total. The fraction of sp³-hybridized carbons (Fsp3) is 0.350. The molecule has 2 unspecified atom stereocenters. The summed E-state index contributed by atoms with van der Waals surface area (Å²) in [5.41, 5.74) is 1.79. The van der Waals surface area contributed by atoms with Crippen molar-refractivity contribution in [2.75, 3.05) is 29.4 Å². The van der Waals surface area contributed by atoms with Crippen LogP contribution in [-0.2, 0) is 0 Å². The summed E-state index contributed by atoms with van der Waals surface area (Å²) in [6.07, 6.45) is 5.47. The van der Waals surface area contributed by atoms with E-state index in [9.17, 15) is 4.39 Å². The number of fused-ring (bicyclic) bond motifs is 2. The van der Waals surface area contributed by atoms with E-state index in [1.807, 2.05) is 30.5 Å². The molecule has 0 aliphatic carbocycles. The van der Waals surface area contributed by atoms with Gasteiger partial charge in [0.05, 0.1) is 28.3 Å². The van der Waals surface area contributed by atoms with Crippen molar-refractivity contribution >= 4 is 34.3 Å². The molecule has 4 heterocycles. The number of hydrogen-bond acceptors (Lipinski definition) is 5. The van der Waals surface area contributed by atoms with Crippen molar-refractivity contribution in [1.82, 2.24) is 15.0 Å². The molecule has 2 atom stereocenters. The molecule has 1 aromatic carbocycles. The van der Waals surface area contributed by atoms with Crippen molar-refractivity contribution in [3.63, 3.8) is 0 Å². The Hall–Kier alpha value is -2.47. The minimum absolute atomic E-state index is 0.218. The van der Waals surface area contributed by atoms with Crippen LogP contribution >= 0.6 is 11.6 Å². The molecule has 2 aromatic heterocycles. The Morgan fingerprint density at radius 1 is 1.04 bits per heavy atom. The molecule has 5 rings (SSSR count). The largest absolute Gasteiger partial charge is 0.353 e. The van der Waals surface area contributed by atoms with Crippen LogP contribution in [0, 0.1) is 11.7 Å². The van der Waals surface area contributed by atoms with E-state index < -0.39 is 0 Å². The van der Waals surface area contributed by atoms with E-state index >= 15 is 0 Å². The molecule has 2 fully saturated rings. The molecular weight excluding hydrogens is 365 g/mol. The Morgan fingerprint density at radius 3 is 2.70 bits per heavy atom. The van der Waals surface area contributed by atoms with Gasteiger partial charge in [0, 0.05) is 25.8 Å². The average Bonchev–Trinajstić information content (AvgIpc) is 3.10. The Morgan fingerprint density at radius 2 is 1.85 bits per heavy atom. The third kappa shape index (κ3) is 2.98. The van der Waals surface area contributed by atoms with Gasteiger partial charge in [0.1, 0.15) is 5.82 Å². The van der Waals surface area contributed by atoms with Crippen LogP contribution in [0.4, 0.5) is 16.0 Å². The number of rotatable bonds is 2. The average molecular weight is 384 g/mol. The van der Waals surface area contributed by atoms with Gasteiger partial charge in [-0.15, -0.1) is 0 Å². The first-order valence-electron chi connectivity index (χ1n) is 9.23. The third-order valence-electron chi connectivity index (χ3n) is 5.68. The van der Waals surface area contributed by atoms with E-state index in [2.05, 4.69) is 19.8 Å². The van der Waals surface area contributed by atoms with Crippen LogP contribution < -0.4 is 9.80 Å². The zero-order chi connectivity index (χ0) is 18.4. The van der Waals surface area contributed by atoms with Gasteiger partial charge < -0.3 is 9.80 Å². The van der Waals surface area contributed by atoms with Crippen molar-refractivity contribution in [2.45, 2.75) is 18.9 Å². The fourth-order valence-electron chi connectivity index (χ4n) is 4.33. The smallest absolute Gasteiger partial charge is 0.167 e. The number of hydrogen-bond donors (Lipinski definition) is 0. The van der Waals surface area contributed by atoms with Crippen molar-refractivity contribution < 1.29 is 4.39 Å². The van der Waals surface area contributed by atoms with Crippen molar-refractivity contribution in [3.05, 3.63) is 53.6 Å². The lowest BCUT2D eigenvalue weighted by molar-refractivity contribution is 0.387. The molecule has 0 radical (unpaired) electrons. The van der Waals surface area contributed by atoms with E-state index in [0.717, 1.165) is 49.3 Å². The van der Waals surface area contributed by atoms with Crippen molar-refractivity contribution in [3.8, 4) is 0 Å². The summed E-state index contributed by atoms with van der Waals surface area (Å²) in [4.78, 5) is 17.9. The summed E-state index contributed by atoms with van der Waals surface area (Å²) in [6.45, 7) is 2.55. The second-order valence-corrected chi connectivity index (χ2v) is 7.66. The molecular formula is C20H19ClFN5. The first kappa shape index (κ1) is 16.7. The fourth-order valence-corrected chi connectivity index (χ4v) is 4.47. The van der Waals surface area contributed by atoms with Gasteiger partial charge in [0.2, 0.25) is 0 Å². The highest BCUT2D eigenvalue weighted by atomic mass is 35.5. The van der Waals surface area contributed by atoms with Gasteiger partial charge in [-0.3, -0.25) is 4.98 Å². The summed E-state index contributed by atoms with van der Waals surface area (Å²) in [7, 11) is 0. The molecule has 7 heteroatoms. The normalized spacial score (nSPS) is 22.3. The second kappa shape index (κ2) is 6.60. The number of halogens is 2. The Labute approximate surface area is 161 Å². The lowest BCUT2D eigenvalue weighted by atomic mass is 9.92. The highest BCUT2D eigenvalue weighted by Crippen LogP contribution is 2.36. The zero-order valence-corrected chi connectivity index (χ0v) is 15.5. The van der Waals surface area contributed by atoms with E-state index in [-0.39, 0.29) is 11.9 Å². The van der Waals surface area contributed by atoms with Crippen LogP contribution in [0.5, 0.6) is 0 Å². The van der Waals surface area contributed by atoms with Crippen LogP contribution in [0.3, 0.4) is 0 Å². The number of benzene rings is 1. The lowest BCUT2D eigenvalue weighted by Gasteiger charge is -2.39. The van der Waals surface area contributed by atoms with Gasteiger partial charge in [-0.2, -0.15) is 0 Å². The topological polar surface area (TPSA) is 45.2 Å². The molecule has 2 saturated heterocycles. The van der Waals surface area contributed by atoms with Gasteiger partial charge >= 0.3 is 0 Å². The molecule has 0 bridgehead atoms. The predicted octanol–water partition coefficient (Wildman–Crippen LogP) is 3.92. The second-order valence-electron chi connectivity index (χ2n) is 7.22. The molecule has 27 heavy (non-hydrogen) atoms. The maximum absolute atomic E-state index is 14.4. The molecule has 138 valence electrons. The lowest BCUT2D eigenvalue weighted by Crippen LogP contribution is -2.49. The number of nitrogens with zero attached hydrogens (tertiary/aromatic N) is 5. The van der Waals surface area contributed by atoms with Gasteiger partial charge in [-0.1, -0.05) is 23.7 Å². The van der Waals surface area contributed by atoms with Crippen molar-refractivity contribution in [2.24, 2.45) is 5.92 Å². The first-order valence-corrected chi connectivity index (χ1v) is 9.61. The van der Waals surface area contributed by atoms with Crippen LogP contribution in [0.25, 0.3) is 11.0 Å². The highest BCUT2D eigenvalue weighted by Gasteiger charge is 2.40. The predicted molar refractivity (Wildman–Crippen MR) is 105 cm³/mol. The van der Waals surface area contributed by atoms with Crippen LogP contribution in [-0.4, -0.2) is 40.6 Å². The summed E-state index contributed by atoms with van der Waals surface area (Å²) < 4.78 is 14.4. The summed E-state index contributed by atoms with van der Waals surface area (Å²) >= 11 is 5.87.